The molecule has 0 unspecified atom stereocenters. The summed E-state index contributed by atoms with van der Waals surface area (Å²) in [5.41, 5.74) is 0. The van der Waals surface area contributed by atoms with E-state index in [1.54, 1.807) is 0 Å². The van der Waals surface area contributed by atoms with Gasteiger partial charge in [-0.3, -0.25) is 9.51 Å². The number of aromatic amines is 1. The molecule has 0 aliphatic rings. The van der Waals surface area contributed by atoms with Crippen molar-refractivity contribution in [3.63, 3.8) is 0 Å². The smallest absolute Gasteiger partial charge is 0.296 e. The predicted octanol–water partition coefficient (Wildman–Crippen LogP) is 1.27. The Bertz CT molecular complexity index is 259. The van der Waals surface area contributed by atoms with Gasteiger partial charge in [-0.05, 0) is 12.8 Å². The second kappa shape index (κ2) is 3.37. The molecule has 11 heavy (non-hydrogen) atoms. The van der Waals surface area contributed by atoms with E-state index in [1.165, 1.54) is 0 Å². The van der Waals surface area contributed by atoms with Gasteiger partial charge in [-0.2, -0.15) is 0 Å². The van der Waals surface area contributed by atoms with Crippen molar-refractivity contribution in [2.24, 2.45) is 0 Å². The van der Waals surface area contributed by atoms with Crippen molar-refractivity contribution < 1.29 is 4.52 Å². The van der Waals surface area contributed by atoms with Gasteiger partial charge >= 0.3 is 5.76 Å². The molecule has 0 fully saturated rings. The van der Waals surface area contributed by atoms with Crippen molar-refractivity contribution in [1.29, 1.82) is 0 Å². The number of hydrogen-bond donors (Lipinski definition) is 1. The van der Waals surface area contributed by atoms with Crippen molar-refractivity contribution in [1.82, 2.24) is 10.1 Å². The highest BCUT2D eigenvalue weighted by Gasteiger charge is 2.11. The molecule has 0 aliphatic carbocycles. The lowest BCUT2D eigenvalue weighted by atomic mass is 10.0. The minimum Gasteiger partial charge on any atom is -0.296 e. The Labute approximate surface area is 64.6 Å². The van der Waals surface area contributed by atoms with Gasteiger partial charge in [0.1, 0.15) is 0 Å². The predicted molar refractivity (Wildman–Crippen MR) is 40.4 cm³/mol. The fraction of sp³-hybridized carbons (Fsp3) is 0.714. The average Bonchev–Trinajstić information content (AvgIpc) is 2.39. The van der Waals surface area contributed by atoms with E-state index < -0.39 is 5.76 Å². The van der Waals surface area contributed by atoms with Crippen LogP contribution in [0.5, 0.6) is 0 Å². The SMILES string of the molecule is CCC(CC)c1noc(=O)[nH]1. The summed E-state index contributed by atoms with van der Waals surface area (Å²) < 4.78 is 4.39. The van der Waals surface area contributed by atoms with E-state index in [9.17, 15) is 4.79 Å². The molecule has 4 nitrogen and oxygen atoms in total. The van der Waals surface area contributed by atoms with Crippen LogP contribution >= 0.6 is 0 Å². The van der Waals surface area contributed by atoms with Crippen LogP contribution in [-0.2, 0) is 0 Å². The summed E-state index contributed by atoms with van der Waals surface area (Å²) in [5.74, 6) is 0.522. The topological polar surface area (TPSA) is 58.9 Å². The maximum atomic E-state index is 10.5. The first-order chi connectivity index (χ1) is 5.27. The average molecular weight is 156 g/mol. The molecule has 0 aromatic carbocycles. The molecule has 0 saturated heterocycles. The number of hydrogen-bond acceptors (Lipinski definition) is 3. The Morgan fingerprint density at radius 1 is 1.55 bits per heavy atom. The summed E-state index contributed by atoms with van der Waals surface area (Å²) in [6, 6.07) is 0. The second-order valence-electron chi connectivity index (χ2n) is 2.49. The Balaban J connectivity index is 2.81. The summed E-state index contributed by atoms with van der Waals surface area (Å²) in [6.45, 7) is 4.11. The lowest BCUT2D eigenvalue weighted by molar-refractivity contribution is 0.375. The zero-order valence-electron chi connectivity index (χ0n) is 6.76. The van der Waals surface area contributed by atoms with Gasteiger partial charge in [-0.1, -0.05) is 19.0 Å². The zero-order valence-corrected chi connectivity index (χ0v) is 6.76. The van der Waals surface area contributed by atoms with E-state index >= 15 is 0 Å². The molecule has 1 rings (SSSR count). The van der Waals surface area contributed by atoms with Gasteiger partial charge in [-0.25, -0.2) is 4.79 Å². The molecule has 1 aromatic heterocycles. The van der Waals surface area contributed by atoms with Crippen LogP contribution in [0.4, 0.5) is 0 Å². The number of H-pyrrole nitrogens is 1. The van der Waals surface area contributed by atoms with Crippen LogP contribution in [-0.4, -0.2) is 10.1 Å². The van der Waals surface area contributed by atoms with Crippen molar-refractivity contribution in [3.05, 3.63) is 16.4 Å². The van der Waals surface area contributed by atoms with Crippen molar-refractivity contribution >= 4 is 0 Å². The quantitative estimate of drug-likeness (QED) is 0.716. The molecular formula is C7H12N2O2. The summed E-state index contributed by atoms with van der Waals surface area (Å²) in [5, 5.41) is 3.61. The first kappa shape index (κ1) is 8.04. The summed E-state index contributed by atoms with van der Waals surface area (Å²) in [6.07, 6.45) is 1.94. The Morgan fingerprint density at radius 3 is 2.55 bits per heavy atom. The van der Waals surface area contributed by atoms with Crippen molar-refractivity contribution in [2.75, 3.05) is 0 Å². The van der Waals surface area contributed by atoms with Gasteiger partial charge in [0.15, 0.2) is 5.82 Å². The summed E-state index contributed by atoms with van der Waals surface area (Å²) >= 11 is 0. The molecule has 1 aromatic rings. The minimum atomic E-state index is -0.466. The van der Waals surface area contributed by atoms with Crippen LogP contribution < -0.4 is 5.76 Å². The van der Waals surface area contributed by atoms with Crippen LogP contribution in [0.15, 0.2) is 9.32 Å². The summed E-state index contributed by atoms with van der Waals surface area (Å²) in [4.78, 5) is 13.1. The van der Waals surface area contributed by atoms with Gasteiger partial charge < -0.3 is 0 Å². The number of nitrogens with zero attached hydrogens (tertiary/aromatic N) is 1. The Kier molecular flexibility index (Phi) is 2.46. The van der Waals surface area contributed by atoms with Gasteiger partial charge in [0.25, 0.3) is 0 Å². The third-order valence-electron chi connectivity index (χ3n) is 1.83. The number of aromatic nitrogens is 2. The molecule has 0 aliphatic heterocycles. The molecule has 62 valence electrons. The van der Waals surface area contributed by atoms with E-state index in [0.29, 0.717) is 11.7 Å². The molecule has 0 amide bonds. The maximum absolute atomic E-state index is 10.5. The fourth-order valence-electron chi connectivity index (χ4n) is 1.09. The highest BCUT2D eigenvalue weighted by Crippen LogP contribution is 2.17. The third kappa shape index (κ3) is 1.69. The van der Waals surface area contributed by atoms with Gasteiger partial charge in [-0.15, -0.1) is 0 Å². The van der Waals surface area contributed by atoms with E-state index in [2.05, 4.69) is 28.5 Å². The van der Waals surface area contributed by atoms with Crippen LogP contribution in [0, 0.1) is 0 Å². The molecule has 1 heterocycles. The summed E-state index contributed by atoms with van der Waals surface area (Å²) in [7, 11) is 0. The van der Waals surface area contributed by atoms with Crippen LogP contribution in [0.1, 0.15) is 38.4 Å². The molecular weight excluding hydrogens is 144 g/mol. The lowest BCUT2D eigenvalue weighted by Gasteiger charge is -2.04. The van der Waals surface area contributed by atoms with Crippen LogP contribution in [0.2, 0.25) is 0 Å². The normalized spacial score (nSPS) is 10.8. The van der Waals surface area contributed by atoms with Crippen LogP contribution in [0.25, 0.3) is 0 Å². The fourth-order valence-corrected chi connectivity index (χ4v) is 1.09. The molecule has 4 heteroatoms. The number of rotatable bonds is 3. The van der Waals surface area contributed by atoms with Gasteiger partial charge in [0.2, 0.25) is 0 Å². The Morgan fingerprint density at radius 2 is 2.18 bits per heavy atom. The molecule has 0 atom stereocenters. The number of nitrogens with one attached hydrogen (secondary N) is 1. The first-order valence-corrected chi connectivity index (χ1v) is 3.83. The largest absolute Gasteiger partial charge is 0.438 e. The molecule has 0 spiro atoms. The molecule has 1 N–H and O–H groups in total. The molecule has 0 bridgehead atoms. The van der Waals surface area contributed by atoms with Gasteiger partial charge in [0, 0.05) is 5.92 Å². The second-order valence-corrected chi connectivity index (χ2v) is 2.49. The highest BCUT2D eigenvalue weighted by atomic mass is 16.5. The molecule has 0 radical (unpaired) electrons. The zero-order chi connectivity index (χ0) is 8.27. The maximum Gasteiger partial charge on any atom is 0.438 e. The van der Waals surface area contributed by atoms with E-state index in [0.717, 1.165) is 12.8 Å². The van der Waals surface area contributed by atoms with Crippen molar-refractivity contribution in [3.8, 4) is 0 Å². The Hall–Kier alpha value is -1.06. The van der Waals surface area contributed by atoms with E-state index in [-0.39, 0.29) is 0 Å². The van der Waals surface area contributed by atoms with Gasteiger partial charge in [0.05, 0.1) is 0 Å². The highest BCUT2D eigenvalue weighted by molar-refractivity contribution is 4.89. The van der Waals surface area contributed by atoms with Crippen LogP contribution in [0.3, 0.4) is 0 Å². The van der Waals surface area contributed by atoms with Crippen molar-refractivity contribution in [2.45, 2.75) is 32.6 Å². The monoisotopic (exact) mass is 156 g/mol. The minimum absolute atomic E-state index is 0.321. The van der Waals surface area contributed by atoms with E-state index in [1.807, 2.05) is 0 Å². The standard InChI is InChI=1S/C7H12N2O2/c1-3-5(4-2)6-8-7(10)11-9-6/h5H,3-4H2,1-2H3,(H,8,9,10). The third-order valence-corrected chi connectivity index (χ3v) is 1.83. The first-order valence-electron chi connectivity index (χ1n) is 3.83. The lowest BCUT2D eigenvalue weighted by Crippen LogP contribution is -2.01. The molecule has 0 saturated carbocycles. The van der Waals surface area contributed by atoms with E-state index in [4.69, 9.17) is 0 Å².